The van der Waals surface area contributed by atoms with Crippen molar-refractivity contribution in [1.29, 1.82) is 0 Å². The number of hydrogen-bond acceptors (Lipinski definition) is 3. The molecule has 1 heterocycles. The fraction of sp³-hybridized carbons (Fsp3) is 0.467. The molecule has 2 rings (SSSR count). The maximum absolute atomic E-state index is 6.21. The van der Waals surface area contributed by atoms with E-state index in [0.717, 1.165) is 34.0 Å². The van der Waals surface area contributed by atoms with Gasteiger partial charge >= 0.3 is 0 Å². The largest absolute Gasteiger partial charge is 0.458 e. The summed E-state index contributed by atoms with van der Waals surface area (Å²) in [7, 11) is 1.73. The molecule has 0 bridgehead atoms. The minimum absolute atomic E-state index is 0.103. The van der Waals surface area contributed by atoms with Crippen molar-refractivity contribution in [2.75, 3.05) is 7.11 Å². The number of ether oxygens (including phenoxy) is 1. The molecule has 4 heteroatoms. The van der Waals surface area contributed by atoms with Crippen LogP contribution in [0.3, 0.4) is 0 Å². The number of benzene rings is 1. The molecule has 2 N–H and O–H groups in total. The molecule has 1 aromatic heterocycles. The predicted molar refractivity (Wildman–Crippen MR) is 81.2 cm³/mol. The Morgan fingerprint density at radius 2 is 2.16 bits per heavy atom. The second kappa shape index (κ2) is 5.65. The van der Waals surface area contributed by atoms with Crippen molar-refractivity contribution in [2.45, 2.75) is 38.3 Å². The quantitative estimate of drug-likeness (QED) is 0.886. The van der Waals surface area contributed by atoms with Crippen molar-refractivity contribution in [1.82, 2.24) is 0 Å². The monoisotopic (exact) mass is 325 g/mol. The Morgan fingerprint density at radius 1 is 1.42 bits per heavy atom. The molecule has 0 fully saturated rings. The topological polar surface area (TPSA) is 48.4 Å². The molecule has 0 radical (unpaired) electrons. The Morgan fingerprint density at radius 3 is 2.79 bits per heavy atom. The van der Waals surface area contributed by atoms with Crippen molar-refractivity contribution in [3.05, 3.63) is 34.5 Å². The van der Waals surface area contributed by atoms with Gasteiger partial charge in [-0.15, -0.1) is 0 Å². The van der Waals surface area contributed by atoms with Crippen molar-refractivity contribution < 1.29 is 9.15 Å². The summed E-state index contributed by atoms with van der Waals surface area (Å²) >= 11 is 3.49. The molecule has 0 saturated heterocycles. The maximum Gasteiger partial charge on any atom is 0.148 e. The van der Waals surface area contributed by atoms with Gasteiger partial charge in [0.25, 0.3) is 0 Å². The molecular weight excluding hydrogens is 306 g/mol. The number of nitrogens with two attached hydrogens (primary N) is 1. The van der Waals surface area contributed by atoms with Gasteiger partial charge in [-0.1, -0.05) is 12.1 Å². The van der Waals surface area contributed by atoms with Crippen LogP contribution in [0.25, 0.3) is 11.0 Å². The Kier molecular flexibility index (Phi) is 4.33. The van der Waals surface area contributed by atoms with Crippen LogP contribution in [-0.2, 0) is 4.74 Å². The lowest BCUT2D eigenvalue weighted by Gasteiger charge is -2.23. The third-order valence-corrected chi connectivity index (χ3v) is 4.12. The second-order valence-corrected chi connectivity index (χ2v) is 6.27. The first kappa shape index (κ1) is 14.6. The van der Waals surface area contributed by atoms with Crippen LogP contribution in [0.4, 0.5) is 0 Å². The highest BCUT2D eigenvalue weighted by Crippen LogP contribution is 2.31. The van der Waals surface area contributed by atoms with E-state index in [9.17, 15) is 0 Å². The molecule has 1 unspecified atom stereocenters. The fourth-order valence-electron chi connectivity index (χ4n) is 1.98. The zero-order chi connectivity index (χ0) is 14.0. The van der Waals surface area contributed by atoms with Crippen molar-refractivity contribution >= 4 is 26.9 Å². The molecule has 0 saturated carbocycles. The van der Waals surface area contributed by atoms with Gasteiger partial charge in [0.05, 0.1) is 16.1 Å². The van der Waals surface area contributed by atoms with Crippen LogP contribution in [0.2, 0.25) is 0 Å². The van der Waals surface area contributed by atoms with E-state index in [2.05, 4.69) is 29.8 Å². The molecule has 104 valence electrons. The first-order chi connectivity index (χ1) is 8.93. The molecule has 3 nitrogen and oxygen atoms in total. The van der Waals surface area contributed by atoms with Gasteiger partial charge in [0, 0.05) is 12.5 Å². The number of para-hydroxylation sites is 1. The molecule has 1 atom stereocenters. The summed E-state index contributed by atoms with van der Waals surface area (Å²) in [6.07, 6.45) is 1.72. The second-order valence-electron chi connectivity index (χ2n) is 5.42. The molecule has 0 aliphatic rings. The van der Waals surface area contributed by atoms with Crippen LogP contribution in [0, 0.1) is 0 Å². The van der Waals surface area contributed by atoms with E-state index in [1.807, 2.05) is 24.3 Å². The van der Waals surface area contributed by atoms with Gasteiger partial charge in [-0.3, -0.25) is 0 Å². The normalized spacial score (nSPS) is 13.9. The van der Waals surface area contributed by atoms with Gasteiger partial charge in [-0.05, 0) is 54.8 Å². The Labute approximate surface area is 122 Å². The van der Waals surface area contributed by atoms with Crippen molar-refractivity contribution in [3.8, 4) is 0 Å². The van der Waals surface area contributed by atoms with Gasteiger partial charge in [0.15, 0.2) is 0 Å². The van der Waals surface area contributed by atoms with E-state index < -0.39 is 0 Å². The third-order valence-electron chi connectivity index (χ3n) is 3.49. The number of halogens is 1. The average molecular weight is 326 g/mol. The number of fused-ring (bicyclic) bond motifs is 1. The minimum Gasteiger partial charge on any atom is -0.458 e. The molecule has 1 aromatic carbocycles. The Balaban J connectivity index is 2.13. The van der Waals surface area contributed by atoms with E-state index in [4.69, 9.17) is 14.9 Å². The third kappa shape index (κ3) is 3.38. The van der Waals surface area contributed by atoms with Gasteiger partial charge in [-0.25, -0.2) is 0 Å². The molecule has 0 spiro atoms. The fourth-order valence-corrected chi connectivity index (χ4v) is 2.44. The molecule has 0 aliphatic carbocycles. The first-order valence-electron chi connectivity index (χ1n) is 6.41. The van der Waals surface area contributed by atoms with Crippen LogP contribution >= 0.6 is 15.9 Å². The van der Waals surface area contributed by atoms with Crippen molar-refractivity contribution in [2.24, 2.45) is 5.73 Å². The summed E-state index contributed by atoms with van der Waals surface area (Å²) in [6, 6.07) is 7.90. The number of rotatable bonds is 5. The SMILES string of the molecule is COC(C)(C)CCC(N)c1cc2cccc(Br)c2o1. The van der Waals surface area contributed by atoms with Crippen LogP contribution in [-0.4, -0.2) is 12.7 Å². The Bertz CT molecular complexity index is 562. The molecule has 0 amide bonds. The van der Waals surface area contributed by atoms with E-state index in [1.165, 1.54) is 0 Å². The summed E-state index contributed by atoms with van der Waals surface area (Å²) in [5.41, 5.74) is 6.92. The van der Waals surface area contributed by atoms with Crippen LogP contribution < -0.4 is 5.73 Å². The highest BCUT2D eigenvalue weighted by atomic mass is 79.9. The van der Waals surface area contributed by atoms with E-state index in [-0.39, 0.29) is 11.6 Å². The summed E-state index contributed by atoms with van der Waals surface area (Å²) in [5.74, 6) is 0.828. The first-order valence-corrected chi connectivity index (χ1v) is 7.21. The van der Waals surface area contributed by atoms with Crippen molar-refractivity contribution in [3.63, 3.8) is 0 Å². The molecular formula is C15H20BrNO2. The van der Waals surface area contributed by atoms with Gasteiger partial charge < -0.3 is 14.9 Å². The Hall–Kier alpha value is -0.840. The van der Waals surface area contributed by atoms with E-state index in [1.54, 1.807) is 7.11 Å². The molecule has 0 aliphatic heterocycles. The highest BCUT2D eigenvalue weighted by Gasteiger charge is 2.20. The van der Waals surface area contributed by atoms with Crippen LogP contribution in [0.15, 0.2) is 33.2 Å². The smallest absolute Gasteiger partial charge is 0.148 e. The van der Waals surface area contributed by atoms with E-state index >= 15 is 0 Å². The lowest BCUT2D eigenvalue weighted by molar-refractivity contribution is 0.0121. The minimum atomic E-state index is -0.149. The number of methoxy groups -OCH3 is 1. The lowest BCUT2D eigenvalue weighted by Crippen LogP contribution is -2.24. The van der Waals surface area contributed by atoms with Crippen LogP contribution in [0.1, 0.15) is 38.5 Å². The number of furan rings is 1. The molecule has 2 aromatic rings. The summed E-state index contributed by atoms with van der Waals surface area (Å²) in [5, 5.41) is 1.07. The summed E-state index contributed by atoms with van der Waals surface area (Å²) < 4.78 is 12.2. The standard InChI is InChI=1S/C15H20BrNO2/c1-15(2,18-3)8-7-12(17)13-9-10-5-4-6-11(16)14(10)19-13/h4-6,9,12H,7-8,17H2,1-3H3. The zero-order valence-corrected chi connectivity index (χ0v) is 13.2. The maximum atomic E-state index is 6.21. The summed E-state index contributed by atoms with van der Waals surface area (Å²) in [4.78, 5) is 0. The lowest BCUT2D eigenvalue weighted by atomic mass is 9.98. The predicted octanol–water partition coefficient (Wildman–Crippen LogP) is 4.40. The van der Waals surface area contributed by atoms with Crippen LogP contribution in [0.5, 0.6) is 0 Å². The zero-order valence-electron chi connectivity index (χ0n) is 11.6. The van der Waals surface area contributed by atoms with Gasteiger partial charge in [0.1, 0.15) is 11.3 Å². The average Bonchev–Trinajstić information content (AvgIpc) is 2.81. The van der Waals surface area contributed by atoms with E-state index in [0.29, 0.717) is 0 Å². The number of hydrogen-bond donors (Lipinski definition) is 1. The van der Waals surface area contributed by atoms with Gasteiger partial charge in [0.2, 0.25) is 0 Å². The molecule has 19 heavy (non-hydrogen) atoms. The highest BCUT2D eigenvalue weighted by molar-refractivity contribution is 9.10. The van der Waals surface area contributed by atoms with Gasteiger partial charge in [-0.2, -0.15) is 0 Å². The summed E-state index contributed by atoms with van der Waals surface area (Å²) in [6.45, 7) is 4.13.